The summed E-state index contributed by atoms with van der Waals surface area (Å²) in [6.45, 7) is 2.02. The summed E-state index contributed by atoms with van der Waals surface area (Å²) < 4.78 is 5.39. The summed E-state index contributed by atoms with van der Waals surface area (Å²) in [4.78, 5) is 16.3. The molecule has 0 aliphatic carbocycles. The lowest BCUT2D eigenvalue weighted by atomic mass is 10.1. The Morgan fingerprint density at radius 1 is 1.23 bits per heavy atom. The smallest absolute Gasteiger partial charge is 0.260 e. The molecule has 1 unspecified atom stereocenters. The topological polar surface area (TPSA) is 66.2 Å². The van der Waals surface area contributed by atoms with Crippen LogP contribution in [0.25, 0.3) is 17.0 Å². The number of ether oxygens (including phenoxy) is 1. The van der Waals surface area contributed by atoms with Crippen molar-refractivity contribution in [3.05, 3.63) is 64.7 Å². The number of nitrogens with one attached hydrogen (secondary N) is 3. The predicted molar refractivity (Wildman–Crippen MR) is 107 cm³/mol. The summed E-state index contributed by atoms with van der Waals surface area (Å²) >= 11 is 1.47. The van der Waals surface area contributed by atoms with Crippen molar-refractivity contribution in [2.45, 2.75) is 12.4 Å². The summed E-state index contributed by atoms with van der Waals surface area (Å²) in [5.74, 6) is 0.670. The molecule has 0 bridgehead atoms. The number of carbonyl (C=O) groups excluding carboxylic acids is 1. The number of carbonyl (C=O) groups is 1. The number of para-hydroxylation sites is 1. The zero-order valence-corrected chi connectivity index (χ0v) is 15.3. The summed E-state index contributed by atoms with van der Waals surface area (Å²) in [6.07, 6.45) is 3.85. The summed E-state index contributed by atoms with van der Waals surface area (Å²) in [5.41, 5.74) is 3.81. The molecule has 4 rings (SSSR count). The molecule has 1 saturated heterocycles. The molecule has 0 saturated carbocycles. The van der Waals surface area contributed by atoms with E-state index in [1.807, 2.05) is 61.7 Å². The number of hydrogen-bond donors (Lipinski definition) is 3. The number of H-pyrrole nitrogens is 1. The van der Waals surface area contributed by atoms with Gasteiger partial charge in [0.05, 0.1) is 17.7 Å². The minimum Gasteiger partial charge on any atom is -0.495 e. The Morgan fingerprint density at radius 2 is 2.08 bits per heavy atom. The molecule has 1 aliphatic heterocycles. The molecule has 1 atom stereocenters. The maximum absolute atomic E-state index is 12.4. The van der Waals surface area contributed by atoms with Crippen LogP contribution in [-0.2, 0) is 4.79 Å². The first kappa shape index (κ1) is 16.6. The average Bonchev–Trinajstić information content (AvgIpc) is 3.19. The van der Waals surface area contributed by atoms with Crippen LogP contribution in [0.1, 0.15) is 11.1 Å². The fraction of sp³-hybridized carbons (Fsp3) is 0.150. The molecular formula is C20H19N3O2S. The van der Waals surface area contributed by atoms with Crippen molar-refractivity contribution in [3.8, 4) is 5.75 Å². The number of thioether (sulfide) groups is 1. The number of aromatic amines is 1. The van der Waals surface area contributed by atoms with E-state index in [0.29, 0.717) is 4.91 Å². The van der Waals surface area contributed by atoms with Crippen LogP contribution in [0.3, 0.4) is 0 Å². The second-order valence-corrected chi connectivity index (χ2v) is 7.26. The standard InChI is InChI=1S/C20H19N3O2S/c1-12-7-8-17(25-2)16(9-12)22-20-23-19(24)18(26-20)10-13-11-21-15-6-4-3-5-14(13)15/h3-11,20-22H,1-2H3,(H,23,24)/b18-10-. The molecule has 1 aromatic heterocycles. The molecule has 2 aromatic carbocycles. The zero-order chi connectivity index (χ0) is 18.1. The number of rotatable bonds is 4. The van der Waals surface area contributed by atoms with Crippen molar-refractivity contribution in [1.82, 2.24) is 10.3 Å². The van der Waals surface area contributed by atoms with Gasteiger partial charge in [0.25, 0.3) is 5.91 Å². The highest BCUT2D eigenvalue weighted by Crippen LogP contribution is 2.34. The van der Waals surface area contributed by atoms with E-state index >= 15 is 0 Å². The third-order valence-electron chi connectivity index (χ3n) is 4.28. The summed E-state index contributed by atoms with van der Waals surface area (Å²) in [6, 6.07) is 14.0. The molecule has 132 valence electrons. The van der Waals surface area contributed by atoms with Gasteiger partial charge < -0.3 is 20.4 Å². The van der Waals surface area contributed by atoms with Gasteiger partial charge in [-0.1, -0.05) is 36.0 Å². The van der Waals surface area contributed by atoms with Crippen molar-refractivity contribution in [1.29, 1.82) is 0 Å². The maximum Gasteiger partial charge on any atom is 0.260 e. The van der Waals surface area contributed by atoms with Crippen LogP contribution >= 0.6 is 11.8 Å². The van der Waals surface area contributed by atoms with Crippen LogP contribution in [0.4, 0.5) is 5.69 Å². The van der Waals surface area contributed by atoms with E-state index in [2.05, 4.69) is 15.6 Å². The van der Waals surface area contributed by atoms with Crippen molar-refractivity contribution in [2.75, 3.05) is 12.4 Å². The third kappa shape index (κ3) is 3.15. The van der Waals surface area contributed by atoms with Gasteiger partial charge in [0.2, 0.25) is 0 Å². The quantitative estimate of drug-likeness (QED) is 0.610. The van der Waals surface area contributed by atoms with Gasteiger partial charge >= 0.3 is 0 Å². The van der Waals surface area contributed by atoms with Gasteiger partial charge in [0.15, 0.2) is 5.50 Å². The Balaban J connectivity index is 1.57. The monoisotopic (exact) mass is 365 g/mol. The average molecular weight is 365 g/mol. The van der Waals surface area contributed by atoms with Gasteiger partial charge in [-0.15, -0.1) is 0 Å². The fourth-order valence-corrected chi connectivity index (χ4v) is 3.96. The third-order valence-corrected chi connectivity index (χ3v) is 5.31. The number of methoxy groups -OCH3 is 1. The van der Waals surface area contributed by atoms with Crippen LogP contribution in [0.2, 0.25) is 0 Å². The molecule has 5 nitrogen and oxygen atoms in total. The largest absolute Gasteiger partial charge is 0.495 e. The van der Waals surface area contributed by atoms with Crippen LogP contribution in [0.5, 0.6) is 5.75 Å². The molecule has 1 fully saturated rings. The van der Waals surface area contributed by atoms with E-state index in [4.69, 9.17) is 4.74 Å². The van der Waals surface area contributed by atoms with Crippen molar-refractivity contribution < 1.29 is 9.53 Å². The highest BCUT2D eigenvalue weighted by Gasteiger charge is 2.28. The molecule has 2 heterocycles. The first-order valence-electron chi connectivity index (χ1n) is 8.30. The Morgan fingerprint density at radius 3 is 2.92 bits per heavy atom. The molecule has 0 spiro atoms. The van der Waals surface area contributed by atoms with Crippen molar-refractivity contribution in [3.63, 3.8) is 0 Å². The zero-order valence-electron chi connectivity index (χ0n) is 14.5. The number of aryl methyl sites for hydroxylation is 1. The van der Waals surface area contributed by atoms with Crippen molar-refractivity contribution in [2.24, 2.45) is 0 Å². The maximum atomic E-state index is 12.4. The lowest BCUT2D eigenvalue weighted by Gasteiger charge is -2.16. The number of fused-ring (bicyclic) bond motifs is 1. The lowest BCUT2D eigenvalue weighted by molar-refractivity contribution is -0.116. The molecule has 1 amide bonds. The number of aromatic nitrogens is 1. The first-order chi connectivity index (χ1) is 12.6. The van der Waals surface area contributed by atoms with Crippen LogP contribution < -0.4 is 15.4 Å². The van der Waals surface area contributed by atoms with Gasteiger partial charge in [-0.3, -0.25) is 4.79 Å². The van der Waals surface area contributed by atoms with E-state index in [1.165, 1.54) is 11.8 Å². The second kappa shape index (κ2) is 6.80. The fourth-order valence-electron chi connectivity index (χ4n) is 3.00. The number of amides is 1. The Labute approximate surface area is 155 Å². The first-order valence-corrected chi connectivity index (χ1v) is 9.18. The highest BCUT2D eigenvalue weighted by atomic mass is 32.2. The SMILES string of the molecule is COc1ccc(C)cc1NC1NC(=O)/C(=C/c2c[nH]c3ccccc23)S1. The van der Waals surface area contributed by atoms with Gasteiger partial charge in [0.1, 0.15) is 5.75 Å². The molecule has 3 aromatic rings. The van der Waals surface area contributed by atoms with E-state index in [-0.39, 0.29) is 11.4 Å². The molecular weight excluding hydrogens is 346 g/mol. The molecule has 6 heteroatoms. The molecule has 0 radical (unpaired) electrons. The van der Waals surface area contributed by atoms with E-state index < -0.39 is 0 Å². The Bertz CT molecular complexity index is 1010. The normalized spacial score (nSPS) is 18.3. The molecule has 1 aliphatic rings. The second-order valence-electron chi connectivity index (χ2n) is 6.12. The number of hydrogen-bond acceptors (Lipinski definition) is 4. The molecule has 3 N–H and O–H groups in total. The minimum absolute atomic E-state index is 0.0793. The Kier molecular flexibility index (Phi) is 4.34. The van der Waals surface area contributed by atoms with Crippen molar-refractivity contribution >= 4 is 40.3 Å². The van der Waals surface area contributed by atoms with Crippen LogP contribution in [-0.4, -0.2) is 23.5 Å². The Hall–Kier alpha value is -2.86. The van der Waals surface area contributed by atoms with Gasteiger partial charge in [0, 0.05) is 22.7 Å². The minimum atomic E-state index is -0.241. The van der Waals surface area contributed by atoms with Gasteiger partial charge in [-0.2, -0.15) is 0 Å². The van der Waals surface area contributed by atoms with E-state index in [1.54, 1.807) is 7.11 Å². The van der Waals surface area contributed by atoms with Crippen LogP contribution in [0.15, 0.2) is 53.6 Å². The predicted octanol–water partition coefficient (Wildman–Crippen LogP) is 4.08. The van der Waals surface area contributed by atoms with Gasteiger partial charge in [-0.25, -0.2) is 0 Å². The van der Waals surface area contributed by atoms with E-state index in [9.17, 15) is 4.79 Å². The highest BCUT2D eigenvalue weighted by molar-refractivity contribution is 8.05. The van der Waals surface area contributed by atoms with E-state index in [0.717, 1.165) is 33.5 Å². The summed E-state index contributed by atoms with van der Waals surface area (Å²) in [5, 5.41) is 7.40. The number of benzene rings is 2. The van der Waals surface area contributed by atoms with Gasteiger partial charge in [-0.05, 0) is 36.8 Å². The van der Waals surface area contributed by atoms with Crippen LogP contribution in [0, 0.1) is 6.92 Å². The molecule has 26 heavy (non-hydrogen) atoms. The lowest BCUT2D eigenvalue weighted by Crippen LogP contribution is -2.31. The summed E-state index contributed by atoms with van der Waals surface area (Å²) in [7, 11) is 1.64. The number of anilines is 1.